The van der Waals surface area contributed by atoms with Crippen molar-refractivity contribution in [1.29, 1.82) is 0 Å². The molecule has 2 N–H and O–H groups in total. The monoisotopic (exact) mass is 438 g/mol. The molecule has 3 rings (SSSR count). The molecule has 0 spiro atoms. The van der Waals surface area contributed by atoms with Crippen LogP contribution in [-0.4, -0.2) is 41.5 Å². The van der Waals surface area contributed by atoms with Crippen LogP contribution in [-0.2, 0) is 10.8 Å². The van der Waals surface area contributed by atoms with Gasteiger partial charge in [0.2, 0.25) is 0 Å². The fourth-order valence-electron chi connectivity index (χ4n) is 4.07. The van der Waals surface area contributed by atoms with Gasteiger partial charge in [-0.1, -0.05) is 47.5 Å². The van der Waals surface area contributed by atoms with Crippen molar-refractivity contribution in [1.82, 2.24) is 4.90 Å². The topological polar surface area (TPSA) is 46.3 Å². The largest absolute Gasteiger partial charge is 0.330 e. The zero-order valence-corrected chi connectivity index (χ0v) is 18.6. The van der Waals surface area contributed by atoms with E-state index in [1.165, 1.54) is 5.56 Å². The predicted molar refractivity (Wildman–Crippen MR) is 120 cm³/mol. The first-order valence-electron chi connectivity index (χ1n) is 9.79. The van der Waals surface area contributed by atoms with Gasteiger partial charge in [-0.2, -0.15) is 0 Å². The third-order valence-electron chi connectivity index (χ3n) is 5.75. The Morgan fingerprint density at radius 1 is 1.14 bits per heavy atom. The number of hydrogen-bond donors (Lipinski definition) is 1. The van der Waals surface area contributed by atoms with Gasteiger partial charge in [0.25, 0.3) is 0 Å². The lowest BCUT2D eigenvalue weighted by molar-refractivity contribution is 0.205. The summed E-state index contributed by atoms with van der Waals surface area (Å²) >= 11 is 12.2. The van der Waals surface area contributed by atoms with E-state index in [1.54, 1.807) is 6.26 Å². The van der Waals surface area contributed by atoms with Crippen LogP contribution in [0.1, 0.15) is 42.2 Å². The molecule has 1 fully saturated rings. The molecular weight excluding hydrogens is 411 g/mol. The van der Waals surface area contributed by atoms with Crippen LogP contribution < -0.4 is 5.73 Å². The number of nitrogens with zero attached hydrogens (tertiary/aromatic N) is 1. The van der Waals surface area contributed by atoms with Crippen LogP contribution in [0.2, 0.25) is 10.0 Å². The van der Waals surface area contributed by atoms with Gasteiger partial charge in [0.05, 0.1) is 20.8 Å². The van der Waals surface area contributed by atoms with Crippen LogP contribution in [0, 0.1) is 0 Å². The van der Waals surface area contributed by atoms with Gasteiger partial charge in [0.1, 0.15) is 0 Å². The Hall–Kier alpha value is -0.910. The molecule has 0 aliphatic carbocycles. The minimum atomic E-state index is -0.934. The van der Waals surface area contributed by atoms with Crippen molar-refractivity contribution in [2.45, 2.75) is 36.0 Å². The molecule has 2 atom stereocenters. The number of rotatable bonds is 7. The van der Waals surface area contributed by atoms with Gasteiger partial charge in [0, 0.05) is 11.2 Å². The molecule has 2 aromatic rings. The highest BCUT2D eigenvalue weighted by molar-refractivity contribution is 7.84. The van der Waals surface area contributed by atoms with E-state index >= 15 is 0 Å². The lowest BCUT2D eigenvalue weighted by atomic mass is 9.89. The van der Waals surface area contributed by atoms with E-state index in [0.717, 1.165) is 49.4 Å². The summed E-state index contributed by atoms with van der Waals surface area (Å²) in [5.41, 5.74) is 8.45. The lowest BCUT2D eigenvalue weighted by Gasteiger charge is -2.33. The normalized spacial score (nSPS) is 18.1. The number of halogens is 2. The number of piperidine rings is 1. The molecule has 2 aromatic carbocycles. The smallest absolute Gasteiger partial charge is 0.0595 e. The summed E-state index contributed by atoms with van der Waals surface area (Å²) in [6, 6.07) is 14.0. The third-order valence-corrected chi connectivity index (χ3v) is 7.48. The second-order valence-electron chi connectivity index (χ2n) is 7.50. The maximum absolute atomic E-state index is 12.0. The summed E-state index contributed by atoms with van der Waals surface area (Å²) in [4.78, 5) is 3.51. The number of nitrogens with two attached hydrogens (primary N) is 1. The molecule has 0 unspecified atom stereocenters. The van der Waals surface area contributed by atoms with Crippen LogP contribution in [0.15, 0.2) is 47.4 Å². The van der Waals surface area contributed by atoms with Crippen molar-refractivity contribution in [3.05, 3.63) is 63.6 Å². The molecular formula is C22H28Cl2N2OS. The van der Waals surface area contributed by atoms with Crippen molar-refractivity contribution in [2.24, 2.45) is 5.73 Å². The van der Waals surface area contributed by atoms with Gasteiger partial charge in [-0.3, -0.25) is 4.21 Å². The molecule has 3 nitrogen and oxygen atoms in total. The van der Waals surface area contributed by atoms with Gasteiger partial charge < -0.3 is 10.6 Å². The summed E-state index contributed by atoms with van der Waals surface area (Å²) in [6.45, 7) is 3.75. The molecule has 0 radical (unpaired) electrons. The fourth-order valence-corrected chi connectivity index (χ4v) is 5.22. The molecule has 0 aromatic heterocycles. The third kappa shape index (κ3) is 5.37. The van der Waals surface area contributed by atoms with E-state index in [-0.39, 0.29) is 5.92 Å². The molecule has 6 heteroatoms. The van der Waals surface area contributed by atoms with Crippen LogP contribution in [0.5, 0.6) is 0 Å². The van der Waals surface area contributed by atoms with Crippen molar-refractivity contribution in [3.8, 4) is 0 Å². The van der Waals surface area contributed by atoms with Gasteiger partial charge >= 0.3 is 0 Å². The summed E-state index contributed by atoms with van der Waals surface area (Å²) in [6.07, 6.45) is 4.99. The molecule has 28 heavy (non-hydrogen) atoms. The van der Waals surface area contributed by atoms with Crippen molar-refractivity contribution >= 4 is 34.0 Å². The highest BCUT2D eigenvalue weighted by Crippen LogP contribution is 2.32. The molecule has 0 saturated carbocycles. The molecule has 152 valence electrons. The zero-order chi connectivity index (χ0) is 20.1. The molecule has 1 aliphatic heterocycles. The first kappa shape index (κ1) is 21.8. The van der Waals surface area contributed by atoms with Crippen LogP contribution in [0.25, 0.3) is 0 Å². The van der Waals surface area contributed by atoms with E-state index in [2.05, 4.69) is 17.0 Å². The Kier molecular flexibility index (Phi) is 7.95. The van der Waals surface area contributed by atoms with Crippen LogP contribution in [0.4, 0.5) is 0 Å². The predicted octanol–water partition coefficient (Wildman–Crippen LogP) is 5.04. The number of hydrogen-bond acceptors (Lipinski definition) is 3. The molecule has 1 heterocycles. The quantitative estimate of drug-likeness (QED) is 0.657. The van der Waals surface area contributed by atoms with Gasteiger partial charge in [-0.15, -0.1) is 0 Å². The summed E-state index contributed by atoms with van der Waals surface area (Å²) in [5.74, 6) is 0.785. The van der Waals surface area contributed by atoms with E-state index in [4.69, 9.17) is 28.9 Å². The molecule has 0 amide bonds. The minimum Gasteiger partial charge on any atom is -0.330 e. The first-order chi connectivity index (χ1) is 13.5. The summed E-state index contributed by atoms with van der Waals surface area (Å²) < 4.78 is 12.0. The molecule has 1 saturated heterocycles. The Balaban J connectivity index is 1.55. The maximum Gasteiger partial charge on any atom is 0.0595 e. The second-order valence-corrected chi connectivity index (χ2v) is 9.67. The van der Waals surface area contributed by atoms with Crippen molar-refractivity contribution in [3.63, 3.8) is 0 Å². The summed E-state index contributed by atoms with van der Waals surface area (Å²) in [7, 11) is -0.934. The van der Waals surface area contributed by atoms with Gasteiger partial charge in [0.15, 0.2) is 0 Å². The maximum atomic E-state index is 12.0. The van der Waals surface area contributed by atoms with E-state index < -0.39 is 10.8 Å². The van der Waals surface area contributed by atoms with Gasteiger partial charge in [-0.05, 0) is 86.6 Å². The fraction of sp³-hybridized carbons (Fsp3) is 0.455. The van der Waals surface area contributed by atoms with E-state index in [0.29, 0.717) is 22.5 Å². The van der Waals surface area contributed by atoms with Crippen molar-refractivity contribution in [2.75, 3.05) is 32.4 Å². The second kappa shape index (κ2) is 10.2. The minimum absolute atomic E-state index is 0.288. The highest BCUT2D eigenvalue weighted by atomic mass is 35.5. The number of benzene rings is 2. The van der Waals surface area contributed by atoms with Gasteiger partial charge in [-0.25, -0.2) is 0 Å². The van der Waals surface area contributed by atoms with Crippen LogP contribution in [0.3, 0.4) is 0 Å². The van der Waals surface area contributed by atoms with Crippen molar-refractivity contribution < 1.29 is 4.21 Å². The van der Waals surface area contributed by atoms with E-state index in [9.17, 15) is 4.21 Å². The number of likely N-dealkylation sites (tertiary alicyclic amines) is 1. The summed E-state index contributed by atoms with van der Waals surface area (Å²) in [5, 5.41) is 1.17. The first-order valence-corrected chi connectivity index (χ1v) is 12.1. The van der Waals surface area contributed by atoms with Crippen LogP contribution >= 0.6 is 23.2 Å². The molecule has 1 aliphatic rings. The Morgan fingerprint density at radius 2 is 1.86 bits per heavy atom. The Morgan fingerprint density at radius 3 is 2.50 bits per heavy atom. The Labute approximate surface area is 180 Å². The zero-order valence-electron chi connectivity index (χ0n) is 16.2. The average Bonchev–Trinajstić information content (AvgIpc) is 2.71. The standard InChI is InChI=1S/C22H28Cl2N2OS/c1-28(27)22-5-3-2-4-19(22)16-8-11-26(12-9-16)13-10-18(15-25)17-6-7-20(23)21(24)14-17/h2-7,14,16,18H,8-13,15,25H2,1H3/t18-,28+/m1/s1. The SMILES string of the molecule is C[S@](=O)c1ccccc1C1CCN(CC[C@H](CN)c2ccc(Cl)c(Cl)c2)CC1. The lowest BCUT2D eigenvalue weighted by Crippen LogP contribution is -2.35. The highest BCUT2D eigenvalue weighted by Gasteiger charge is 2.24. The average molecular weight is 439 g/mol. The molecule has 0 bridgehead atoms. The Bertz CT molecular complexity index is 822. The van der Waals surface area contributed by atoms with E-state index in [1.807, 2.05) is 30.3 Å².